The van der Waals surface area contributed by atoms with E-state index in [9.17, 15) is 8.78 Å². The van der Waals surface area contributed by atoms with Gasteiger partial charge < -0.3 is 5.73 Å². The lowest BCUT2D eigenvalue weighted by Gasteiger charge is -2.06. The molecule has 1 saturated carbocycles. The zero-order valence-electron chi connectivity index (χ0n) is 9.03. The lowest BCUT2D eigenvalue weighted by Crippen LogP contribution is -2.04. The van der Waals surface area contributed by atoms with Crippen LogP contribution in [-0.2, 0) is 0 Å². The Balaban J connectivity index is 2.07. The minimum Gasteiger partial charge on any atom is -0.395 e. The zero-order chi connectivity index (χ0) is 12.0. The van der Waals surface area contributed by atoms with E-state index in [4.69, 9.17) is 5.73 Å². The summed E-state index contributed by atoms with van der Waals surface area (Å²) in [7, 11) is 0. The van der Waals surface area contributed by atoms with E-state index < -0.39 is 11.6 Å². The number of rotatable bonds is 2. The normalized spacial score (nSPS) is 15.2. The third-order valence-electron chi connectivity index (χ3n) is 2.92. The molecule has 88 valence electrons. The van der Waals surface area contributed by atoms with Gasteiger partial charge in [-0.1, -0.05) is 0 Å². The van der Waals surface area contributed by atoms with Crippen LogP contribution in [0.25, 0.3) is 5.69 Å². The molecule has 17 heavy (non-hydrogen) atoms. The maximum atomic E-state index is 13.3. The van der Waals surface area contributed by atoms with Gasteiger partial charge in [0.1, 0.15) is 5.82 Å². The first-order valence-corrected chi connectivity index (χ1v) is 5.45. The Morgan fingerprint density at radius 2 is 2.06 bits per heavy atom. The van der Waals surface area contributed by atoms with Crippen LogP contribution < -0.4 is 5.73 Å². The van der Waals surface area contributed by atoms with Crippen LogP contribution in [0.5, 0.6) is 0 Å². The van der Waals surface area contributed by atoms with Crippen molar-refractivity contribution < 1.29 is 8.78 Å². The Morgan fingerprint density at radius 3 is 2.76 bits per heavy atom. The fraction of sp³-hybridized carbons (Fsp3) is 0.250. The molecule has 1 aliphatic carbocycles. The minimum atomic E-state index is -0.761. The number of nitrogens with two attached hydrogens (primary N) is 1. The maximum absolute atomic E-state index is 13.3. The quantitative estimate of drug-likeness (QED) is 0.813. The second kappa shape index (κ2) is 3.55. The van der Waals surface area contributed by atoms with Crippen molar-refractivity contribution in [1.29, 1.82) is 0 Å². The monoisotopic (exact) mass is 235 g/mol. The summed E-state index contributed by atoms with van der Waals surface area (Å²) < 4.78 is 27.9. The van der Waals surface area contributed by atoms with Gasteiger partial charge in [-0.2, -0.15) is 5.10 Å². The lowest BCUT2D eigenvalue weighted by atomic mass is 10.2. The van der Waals surface area contributed by atoms with Gasteiger partial charge in [0.2, 0.25) is 0 Å². The van der Waals surface area contributed by atoms with Gasteiger partial charge in [0.15, 0.2) is 5.82 Å². The van der Waals surface area contributed by atoms with Crippen LogP contribution in [0, 0.1) is 11.6 Å². The number of nitrogens with zero attached hydrogens (tertiary/aromatic N) is 2. The van der Waals surface area contributed by atoms with Gasteiger partial charge >= 0.3 is 0 Å². The van der Waals surface area contributed by atoms with Gasteiger partial charge in [0.05, 0.1) is 17.1 Å². The van der Waals surface area contributed by atoms with Crippen LogP contribution in [0.4, 0.5) is 14.5 Å². The number of hydrogen-bond donors (Lipinski definition) is 1. The largest absolute Gasteiger partial charge is 0.395 e. The van der Waals surface area contributed by atoms with Gasteiger partial charge in [0.25, 0.3) is 0 Å². The van der Waals surface area contributed by atoms with Crippen molar-refractivity contribution in [1.82, 2.24) is 9.78 Å². The second-order valence-electron chi connectivity index (χ2n) is 4.28. The number of anilines is 1. The first kappa shape index (κ1) is 10.3. The van der Waals surface area contributed by atoms with Crippen LogP contribution in [0.1, 0.15) is 24.5 Å². The molecule has 1 heterocycles. The average molecular weight is 235 g/mol. The number of hydrogen-bond acceptors (Lipinski definition) is 2. The predicted molar refractivity (Wildman–Crippen MR) is 59.9 cm³/mol. The van der Waals surface area contributed by atoms with E-state index in [1.54, 1.807) is 6.20 Å². The fourth-order valence-corrected chi connectivity index (χ4v) is 1.83. The van der Waals surface area contributed by atoms with E-state index in [0.29, 0.717) is 5.92 Å². The standard InChI is InChI=1S/C12H11F2N3/c13-8-5-9(14)12(15)11(6-8)17-4-3-10(16-17)7-1-2-7/h3-7H,1-2,15H2. The van der Waals surface area contributed by atoms with E-state index in [0.717, 1.165) is 24.6 Å². The molecule has 5 heteroatoms. The molecular weight excluding hydrogens is 224 g/mol. The summed E-state index contributed by atoms with van der Waals surface area (Å²) in [5, 5.41) is 4.29. The molecule has 0 saturated heterocycles. The van der Waals surface area contributed by atoms with E-state index in [2.05, 4.69) is 5.10 Å². The summed E-state index contributed by atoms with van der Waals surface area (Å²) in [6, 6.07) is 3.81. The molecular formula is C12H11F2N3. The molecule has 3 nitrogen and oxygen atoms in total. The van der Waals surface area contributed by atoms with Crippen molar-refractivity contribution in [3.8, 4) is 5.69 Å². The molecule has 0 bridgehead atoms. The summed E-state index contributed by atoms with van der Waals surface area (Å²) >= 11 is 0. The lowest BCUT2D eigenvalue weighted by molar-refractivity contribution is 0.583. The number of aromatic nitrogens is 2. The Hall–Kier alpha value is -1.91. The summed E-state index contributed by atoms with van der Waals surface area (Å²) in [6.07, 6.45) is 3.94. The van der Waals surface area contributed by atoms with Crippen molar-refractivity contribution in [2.45, 2.75) is 18.8 Å². The Morgan fingerprint density at radius 1 is 1.29 bits per heavy atom. The highest BCUT2D eigenvalue weighted by atomic mass is 19.1. The molecule has 1 aliphatic rings. The molecule has 1 aromatic carbocycles. The van der Waals surface area contributed by atoms with Crippen molar-refractivity contribution in [3.63, 3.8) is 0 Å². The number of benzene rings is 1. The summed E-state index contributed by atoms with van der Waals surface area (Å²) in [5.41, 5.74) is 6.69. The van der Waals surface area contributed by atoms with E-state index in [-0.39, 0.29) is 11.4 Å². The minimum absolute atomic E-state index is 0.0863. The highest BCUT2D eigenvalue weighted by molar-refractivity contribution is 5.58. The van der Waals surface area contributed by atoms with Crippen LogP contribution in [0.15, 0.2) is 24.4 Å². The molecule has 2 N–H and O–H groups in total. The van der Waals surface area contributed by atoms with Crippen LogP contribution in [0.3, 0.4) is 0 Å². The van der Waals surface area contributed by atoms with Crippen LogP contribution in [-0.4, -0.2) is 9.78 Å². The third-order valence-corrected chi connectivity index (χ3v) is 2.92. The maximum Gasteiger partial charge on any atom is 0.151 e. The fourth-order valence-electron chi connectivity index (χ4n) is 1.83. The van der Waals surface area contributed by atoms with Gasteiger partial charge in [-0.25, -0.2) is 13.5 Å². The van der Waals surface area contributed by atoms with Gasteiger partial charge in [-0.15, -0.1) is 0 Å². The molecule has 1 fully saturated rings. The van der Waals surface area contributed by atoms with Gasteiger partial charge in [-0.3, -0.25) is 0 Å². The first-order valence-electron chi connectivity index (χ1n) is 5.45. The summed E-state index contributed by atoms with van der Waals surface area (Å²) in [5.74, 6) is -0.922. The van der Waals surface area contributed by atoms with Crippen molar-refractivity contribution in [2.75, 3.05) is 5.73 Å². The number of halogens is 2. The van der Waals surface area contributed by atoms with E-state index in [1.807, 2.05) is 6.07 Å². The molecule has 0 spiro atoms. The molecule has 0 atom stereocenters. The molecule has 2 aromatic rings. The van der Waals surface area contributed by atoms with Gasteiger partial charge in [0, 0.05) is 24.2 Å². The van der Waals surface area contributed by atoms with Crippen molar-refractivity contribution >= 4 is 5.69 Å². The second-order valence-corrected chi connectivity index (χ2v) is 4.28. The van der Waals surface area contributed by atoms with Crippen LogP contribution in [0.2, 0.25) is 0 Å². The Labute approximate surface area is 96.9 Å². The summed E-state index contributed by atoms with van der Waals surface area (Å²) in [4.78, 5) is 0. The van der Waals surface area contributed by atoms with Crippen molar-refractivity contribution in [2.24, 2.45) is 0 Å². The highest BCUT2D eigenvalue weighted by Gasteiger charge is 2.26. The molecule has 0 radical (unpaired) electrons. The van der Waals surface area contributed by atoms with E-state index in [1.165, 1.54) is 10.7 Å². The Kier molecular flexibility index (Phi) is 2.14. The topological polar surface area (TPSA) is 43.8 Å². The van der Waals surface area contributed by atoms with Crippen LogP contribution >= 0.6 is 0 Å². The third kappa shape index (κ3) is 1.77. The molecule has 0 unspecified atom stereocenters. The average Bonchev–Trinajstić information content (AvgIpc) is 3.02. The Bertz CT molecular complexity index is 573. The predicted octanol–water partition coefficient (Wildman–Crippen LogP) is 2.61. The molecule has 0 aliphatic heterocycles. The SMILES string of the molecule is Nc1c(F)cc(F)cc1-n1ccc(C2CC2)n1. The summed E-state index contributed by atoms with van der Waals surface area (Å²) in [6.45, 7) is 0. The zero-order valence-corrected chi connectivity index (χ0v) is 9.03. The van der Waals surface area contributed by atoms with Crippen molar-refractivity contribution in [3.05, 3.63) is 41.7 Å². The first-order chi connectivity index (χ1) is 8.15. The smallest absolute Gasteiger partial charge is 0.151 e. The number of nitrogen functional groups attached to an aromatic ring is 1. The molecule has 1 aromatic heterocycles. The van der Waals surface area contributed by atoms with E-state index >= 15 is 0 Å². The molecule has 3 rings (SSSR count). The highest BCUT2D eigenvalue weighted by Crippen LogP contribution is 2.39. The molecule has 0 amide bonds. The van der Waals surface area contributed by atoms with Gasteiger partial charge in [-0.05, 0) is 18.9 Å².